The van der Waals surface area contributed by atoms with Crippen LogP contribution in [-0.4, -0.2) is 71.5 Å². The second-order valence-corrected chi connectivity index (χ2v) is 7.29. The highest BCUT2D eigenvalue weighted by molar-refractivity contribution is 5.76. The van der Waals surface area contributed by atoms with Crippen molar-refractivity contribution in [1.29, 1.82) is 0 Å². The highest BCUT2D eigenvalue weighted by Crippen LogP contribution is 2.22. The molecular formula is C19H27N5O2. The highest BCUT2D eigenvalue weighted by atomic mass is 16.4. The van der Waals surface area contributed by atoms with Crippen molar-refractivity contribution in [3.8, 4) is 0 Å². The van der Waals surface area contributed by atoms with E-state index in [0.29, 0.717) is 23.7 Å². The van der Waals surface area contributed by atoms with E-state index in [0.717, 1.165) is 51.5 Å². The minimum absolute atomic E-state index is 0.269. The monoisotopic (exact) mass is 357 g/mol. The maximum atomic E-state index is 12.5. The summed E-state index contributed by atoms with van der Waals surface area (Å²) in [6.07, 6.45) is 4.50. The van der Waals surface area contributed by atoms with Crippen molar-refractivity contribution in [2.45, 2.75) is 32.6 Å². The zero-order valence-electron chi connectivity index (χ0n) is 15.5. The number of carbonyl (C=O) groups excluding carboxylic acids is 1. The lowest BCUT2D eigenvalue weighted by Gasteiger charge is -2.34. The molecule has 26 heavy (non-hydrogen) atoms. The third-order valence-electron chi connectivity index (χ3n) is 5.37. The molecule has 4 rings (SSSR count). The summed E-state index contributed by atoms with van der Waals surface area (Å²) >= 11 is 0. The molecule has 0 aromatic carbocycles. The van der Waals surface area contributed by atoms with Gasteiger partial charge >= 0.3 is 0 Å². The summed E-state index contributed by atoms with van der Waals surface area (Å²) in [5.41, 5.74) is 2.30. The van der Waals surface area contributed by atoms with E-state index in [1.54, 1.807) is 0 Å². The average molecular weight is 357 g/mol. The van der Waals surface area contributed by atoms with Crippen LogP contribution in [0.25, 0.3) is 11.2 Å². The molecule has 2 saturated heterocycles. The van der Waals surface area contributed by atoms with Gasteiger partial charge in [0, 0.05) is 44.8 Å². The van der Waals surface area contributed by atoms with Crippen LogP contribution in [0, 0.1) is 6.92 Å². The number of anilines is 1. The maximum Gasteiger partial charge on any atom is 0.300 e. The summed E-state index contributed by atoms with van der Waals surface area (Å²) in [5.74, 6) is 0.269. The molecule has 2 aliphatic rings. The number of nitrogens with zero attached hydrogens (tertiary/aromatic N) is 5. The predicted octanol–water partition coefficient (Wildman–Crippen LogP) is 2.06. The quantitative estimate of drug-likeness (QED) is 0.834. The van der Waals surface area contributed by atoms with Gasteiger partial charge in [-0.05, 0) is 45.0 Å². The van der Waals surface area contributed by atoms with Gasteiger partial charge < -0.3 is 19.1 Å². The lowest BCUT2D eigenvalue weighted by molar-refractivity contribution is -0.131. The van der Waals surface area contributed by atoms with Crippen molar-refractivity contribution < 1.29 is 9.21 Å². The smallest absolute Gasteiger partial charge is 0.300 e. The number of aromatic nitrogens is 2. The number of piperazine rings is 1. The Bertz CT molecular complexity index is 760. The zero-order chi connectivity index (χ0) is 17.9. The molecule has 0 unspecified atom stereocenters. The van der Waals surface area contributed by atoms with Gasteiger partial charge in [-0.3, -0.25) is 4.79 Å². The van der Waals surface area contributed by atoms with E-state index in [-0.39, 0.29) is 5.91 Å². The van der Waals surface area contributed by atoms with Crippen LogP contribution in [0.3, 0.4) is 0 Å². The number of piperidine rings is 1. The molecule has 0 saturated carbocycles. The minimum Gasteiger partial charge on any atom is -0.422 e. The Kier molecular flexibility index (Phi) is 5.06. The van der Waals surface area contributed by atoms with E-state index in [9.17, 15) is 4.79 Å². The molecule has 0 aliphatic carbocycles. The molecule has 0 atom stereocenters. The summed E-state index contributed by atoms with van der Waals surface area (Å²) in [5, 5.41) is 0. The van der Waals surface area contributed by atoms with Gasteiger partial charge in [-0.25, -0.2) is 4.98 Å². The van der Waals surface area contributed by atoms with Gasteiger partial charge in [-0.2, -0.15) is 4.98 Å². The molecule has 2 aromatic heterocycles. The second-order valence-electron chi connectivity index (χ2n) is 7.29. The maximum absolute atomic E-state index is 12.5. The first kappa shape index (κ1) is 17.3. The number of rotatable bonds is 4. The fourth-order valence-electron chi connectivity index (χ4n) is 3.78. The molecule has 0 bridgehead atoms. The first-order valence-corrected chi connectivity index (χ1v) is 9.68. The van der Waals surface area contributed by atoms with Crippen molar-refractivity contribution >= 4 is 23.2 Å². The summed E-state index contributed by atoms with van der Waals surface area (Å²) in [7, 11) is 0. The summed E-state index contributed by atoms with van der Waals surface area (Å²) in [6, 6.07) is 4.45. The van der Waals surface area contributed by atoms with Crippen LogP contribution in [0.15, 0.2) is 16.5 Å². The fraction of sp³-hybridized carbons (Fsp3) is 0.632. The summed E-state index contributed by atoms with van der Waals surface area (Å²) in [4.78, 5) is 27.9. The number of fused-ring (bicyclic) bond motifs is 1. The number of amides is 1. The Morgan fingerprint density at radius 1 is 1.04 bits per heavy atom. The number of likely N-dealkylation sites (tertiary alicyclic amines) is 1. The predicted molar refractivity (Wildman–Crippen MR) is 100 cm³/mol. The van der Waals surface area contributed by atoms with Crippen LogP contribution in [-0.2, 0) is 4.79 Å². The number of oxazole rings is 1. The van der Waals surface area contributed by atoms with Crippen LogP contribution in [0.2, 0.25) is 0 Å². The Labute approximate surface area is 154 Å². The number of pyridine rings is 1. The molecule has 0 N–H and O–H groups in total. The molecular weight excluding hydrogens is 330 g/mol. The van der Waals surface area contributed by atoms with E-state index < -0.39 is 0 Å². The van der Waals surface area contributed by atoms with Crippen LogP contribution in [0.4, 0.5) is 6.01 Å². The largest absolute Gasteiger partial charge is 0.422 e. The number of aryl methyl sites for hydroxylation is 1. The van der Waals surface area contributed by atoms with Gasteiger partial charge in [0.25, 0.3) is 6.01 Å². The third kappa shape index (κ3) is 3.82. The Morgan fingerprint density at radius 2 is 1.81 bits per heavy atom. The van der Waals surface area contributed by atoms with E-state index in [1.165, 1.54) is 19.3 Å². The van der Waals surface area contributed by atoms with E-state index in [2.05, 4.69) is 19.8 Å². The molecule has 2 aliphatic heterocycles. The lowest BCUT2D eigenvalue weighted by atomic mass is 10.1. The minimum atomic E-state index is 0.269. The van der Waals surface area contributed by atoms with Crippen molar-refractivity contribution in [3.63, 3.8) is 0 Å². The van der Waals surface area contributed by atoms with E-state index in [4.69, 9.17) is 4.42 Å². The van der Waals surface area contributed by atoms with Gasteiger partial charge in [0.2, 0.25) is 11.6 Å². The van der Waals surface area contributed by atoms with Crippen LogP contribution in [0.1, 0.15) is 31.4 Å². The van der Waals surface area contributed by atoms with Crippen molar-refractivity contribution in [3.05, 3.63) is 17.8 Å². The van der Waals surface area contributed by atoms with Crippen molar-refractivity contribution in [1.82, 2.24) is 19.8 Å². The zero-order valence-corrected chi connectivity index (χ0v) is 15.5. The number of hydrogen-bond acceptors (Lipinski definition) is 6. The summed E-state index contributed by atoms with van der Waals surface area (Å²) in [6.45, 7) is 8.09. The standard InChI is InChI=1S/C19H27N5O2/c1-15-5-6-16-18(20-15)21-19(26-16)24-13-11-23(12-14-24)17(25)7-10-22-8-3-2-4-9-22/h5-6H,2-4,7-14H2,1H3. The van der Waals surface area contributed by atoms with Gasteiger partial charge in [0.05, 0.1) is 0 Å². The average Bonchev–Trinajstić information content (AvgIpc) is 3.10. The lowest BCUT2D eigenvalue weighted by Crippen LogP contribution is -2.49. The van der Waals surface area contributed by atoms with Gasteiger partial charge in [-0.1, -0.05) is 6.42 Å². The Morgan fingerprint density at radius 3 is 2.58 bits per heavy atom. The van der Waals surface area contributed by atoms with Crippen molar-refractivity contribution in [2.75, 3.05) is 50.7 Å². The molecule has 7 nitrogen and oxygen atoms in total. The third-order valence-corrected chi connectivity index (χ3v) is 5.37. The molecule has 2 aromatic rings. The molecule has 1 amide bonds. The SMILES string of the molecule is Cc1ccc2oc(N3CCN(C(=O)CCN4CCCCC4)CC3)nc2n1. The molecule has 0 radical (unpaired) electrons. The highest BCUT2D eigenvalue weighted by Gasteiger charge is 2.24. The van der Waals surface area contributed by atoms with Gasteiger partial charge in [0.15, 0.2) is 5.58 Å². The van der Waals surface area contributed by atoms with Crippen LogP contribution in [0.5, 0.6) is 0 Å². The van der Waals surface area contributed by atoms with Crippen molar-refractivity contribution in [2.24, 2.45) is 0 Å². The van der Waals surface area contributed by atoms with E-state index in [1.807, 2.05) is 24.0 Å². The van der Waals surface area contributed by atoms with Crippen LogP contribution >= 0.6 is 0 Å². The number of carbonyl (C=O) groups is 1. The first-order valence-electron chi connectivity index (χ1n) is 9.68. The first-order chi connectivity index (χ1) is 12.7. The van der Waals surface area contributed by atoms with Crippen LogP contribution < -0.4 is 4.90 Å². The Hall–Kier alpha value is -2.15. The second kappa shape index (κ2) is 7.61. The number of hydrogen-bond donors (Lipinski definition) is 0. The Balaban J connectivity index is 1.29. The molecule has 2 fully saturated rings. The fourth-order valence-corrected chi connectivity index (χ4v) is 3.78. The molecule has 140 valence electrons. The van der Waals surface area contributed by atoms with Gasteiger partial charge in [-0.15, -0.1) is 0 Å². The summed E-state index contributed by atoms with van der Waals surface area (Å²) < 4.78 is 5.83. The normalized spacial score (nSPS) is 19.3. The molecule has 7 heteroatoms. The van der Waals surface area contributed by atoms with Gasteiger partial charge in [0.1, 0.15) is 0 Å². The molecule has 4 heterocycles. The molecule has 0 spiro atoms. The van der Waals surface area contributed by atoms with E-state index >= 15 is 0 Å². The topological polar surface area (TPSA) is 65.7 Å².